The van der Waals surface area contributed by atoms with Crippen LogP contribution in [0.4, 0.5) is 0 Å². The molecule has 0 aliphatic heterocycles. The summed E-state index contributed by atoms with van der Waals surface area (Å²) in [6.07, 6.45) is 0.992. The molecule has 1 heterocycles. The van der Waals surface area contributed by atoms with Crippen molar-refractivity contribution in [2.24, 2.45) is 10.9 Å². The largest absolute Gasteiger partial charge is 0.440 e. The number of hydrogen-bond acceptors (Lipinski definition) is 4. The van der Waals surface area contributed by atoms with E-state index in [4.69, 9.17) is 27.0 Å². The predicted molar refractivity (Wildman–Crippen MR) is 58.7 cm³/mol. The monoisotopic (exact) mass is 245 g/mol. The van der Waals surface area contributed by atoms with E-state index in [2.05, 4.69) is 10.5 Å². The first kappa shape index (κ1) is 12.4. The number of oxime groups is 1. The molecule has 0 fully saturated rings. The molecule has 0 aromatic carbocycles. The van der Waals surface area contributed by atoms with Gasteiger partial charge in [0.05, 0.1) is 0 Å². The van der Waals surface area contributed by atoms with Gasteiger partial charge in [0, 0.05) is 13.0 Å². The molecule has 0 saturated heterocycles. The molecule has 0 aliphatic rings. The van der Waals surface area contributed by atoms with Gasteiger partial charge >= 0.3 is 0 Å². The quantitative estimate of drug-likeness (QED) is 0.238. The number of hydrogen-bond donors (Lipinski definition) is 3. The minimum atomic E-state index is -0.341. The molecule has 88 valence electrons. The molecule has 0 atom stereocenters. The van der Waals surface area contributed by atoms with Crippen molar-refractivity contribution in [3.05, 3.63) is 23.1 Å². The minimum Gasteiger partial charge on any atom is -0.440 e. The van der Waals surface area contributed by atoms with Crippen molar-refractivity contribution >= 4 is 23.3 Å². The third-order valence-electron chi connectivity index (χ3n) is 1.82. The van der Waals surface area contributed by atoms with Crippen LogP contribution in [-0.4, -0.2) is 23.5 Å². The SMILES string of the molecule is N/C(CCCNC(=O)c1ccc(Cl)o1)=N/O. The molecular formula is C9H12ClN3O3. The average Bonchev–Trinajstić information content (AvgIpc) is 2.70. The Morgan fingerprint density at radius 2 is 2.38 bits per heavy atom. The third kappa shape index (κ3) is 3.82. The highest BCUT2D eigenvalue weighted by molar-refractivity contribution is 6.29. The first-order valence-corrected chi connectivity index (χ1v) is 5.01. The molecule has 0 aliphatic carbocycles. The second-order valence-electron chi connectivity index (χ2n) is 3.05. The molecule has 1 amide bonds. The number of rotatable bonds is 5. The summed E-state index contributed by atoms with van der Waals surface area (Å²) in [6, 6.07) is 2.98. The Kier molecular flexibility index (Phi) is 4.65. The van der Waals surface area contributed by atoms with Gasteiger partial charge in [0.1, 0.15) is 5.84 Å². The number of nitrogens with zero attached hydrogens (tertiary/aromatic N) is 1. The highest BCUT2D eigenvalue weighted by Crippen LogP contribution is 2.12. The van der Waals surface area contributed by atoms with Crippen LogP contribution in [0, 0.1) is 0 Å². The summed E-state index contributed by atoms with van der Waals surface area (Å²) in [5.41, 5.74) is 5.26. The zero-order valence-corrected chi connectivity index (χ0v) is 9.20. The second kappa shape index (κ2) is 6.02. The molecule has 0 spiro atoms. The Morgan fingerprint density at radius 1 is 1.62 bits per heavy atom. The third-order valence-corrected chi connectivity index (χ3v) is 2.02. The Labute approximate surface area is 97.0 Å². The Hall–Kier alpha value is -1.69. The zero-order valence-electron chi connectivity index (χ0n) is 8.44. The maximum Gasteiger partial charge on any atom is 0.287 e. The first-order valence-electron chi connectivity index (χ1n) is 4.63. The van der Waals surface area contributed by atoms with Crippen molar-refractivity contribution in [1.29, 1.82) is 0 Å². The van der Waals surface area contributed by atoms with Crippen molar-refractivity contribution in [1.82, 2.24) is 5.32 Å². The van der Waals surface area contributed by atoms with Crippen molar-refractivity contribution in [3.8, 4) is 0 Å². The van der Waals surface area contributed by atoms with Gasteiger partial charge < -0.3 is 20.7 Å². The zero-order chi connectivity index (χ0) is 12.0. The number of nitrogens with one attached hydrogen (secondary N) is 1. The predicted octanol–water partition coefficient (Wildman–Crippen LogP) is 1.19. The lowest BCUT2D eigenvalue weighted by atomic mass is 10.3. The number of amides is 1. The maximum absolute atomic E-state index is 11.4. The van der Waals surface area contributed by atoms with Crippen LogP contribution in [0.3, 0.4) is 0 Å². The van der Waals surface area contributed by atoms with Gasteiger partial charge in [-0.1, -0.05) is 5.16 Å². The number of furan rings is 1. The van der Waals surface area contributed by atoms with Crippen molar-refractivity contribution in [2.45, 2.75) is 12.8 Å². The van der Waals surface area contributed by atoms with Crippen LogP contribution in [0.1, 0.15) is 23.4 Å². The molecule has 0 radical (unpaired) electrons. The van der Waals surface area contributed by atoms with E-state index in [1.54, 1.807) is 0 Å². The number of amidine groups is 1. The van der Waals surface area contributed by atoms with Crippen LogP contribution in [0.5, 0.6) is 0 Å². The molecule has 0 saturated carbocycles. The molecule has 16 heavy (non-hydrogen) atoms. The fourth-order valence-corrected chi connectivity index (χ4v) is 1.19. The molecule has 1 rings (SSSR count). The first-order chi connectivity index (χ1) is 7.63. The number of carbonyl (C=O) groups excluding carboxylic acids is 1. The summed E-state index contributed by atoms with van der Waals surface area (Å²) in [7, 11) is 0. The minimum absolute atomic E-state index is 0.135. The van der Waals surface area contributed by atoms with E-state index >= 15 is 0 Å². The summed E-state index contributed by atoms with van der Waals surface area (Å²) in [5, 5.41) is 13.9. The van der Waals surface area contributed by atoms with E-state index in [0.717, 1.165) is 0 Å². The van der Waals surface area contributed by atoms with E-state index in [-0.39, 0.29) is 22.7 Å². The molecule has 1 aromatic rings. The van der Waals surface area contributed by atoms with E-state index < -0.39 is 0 Å². The van der Waals surface area contributed by atoms with Gasteiger partial charge in [0.15, 0.2) is 11.0 Å². The molecule has 4 N–H and O–H groups in total. The summed E-state index contributed by atoms with van der Waals surface area (Å²) in [6.45, 7) is 0.410. The van der Waals surface area contributed by atoms with Crippen LogP contribution in [0.15, 0.2) is 21.7 Å². The molecule has 6 nitrogen and oxygen atoms in total. The van der Waals surface area contributed by atoms with Crippen molar-refractivity contribution < 1.29 is 14.4 Å². The normalized spacial score (nSPS) is 11.4. The topological polar surface area (TPSA) is 101 Å². The van der Waals surface area contributed by atoms with Crippen LogP contribution in [0.2, 0.25) is 5.22 Å². The highest BCUT2D eigenvalue weighted by atomic mass is 35.5. The van der Waals surface area contributed by atoms with Crippen molar-refractivity contribution in [3.63, 3.8) is 0 Å². The second-order valence-corrected chi connectivity index (χ2v) is 3.43. The van der Waals surface area contributed by atoms with E-state index in [0.29, 0.717) is 19.4 Å². The molecule has 0 unspecified atom stereocenters. The van der Waals surface area contributed by atoms with Crippen LogP contribution < -0.4 is 11.1 Å². The van der Waals surface area contributed by atoms with E-state index in [1.165, 1.54) is 12.1 Å². The molecular weight excluding hydrogens is 234 g/mol. The number of carbonyl (C=O) groups is 1. The van der Waals surface area contributed by atoms with Gasteiger partial charge in [-0.3, -0.25) is 4.79 Å². The van der Waals surface area contributed by atoms with Crippen molar-refractivity contribution in [2.75, 3.05) is 6.54 Å². The lowest BCUT2D eigenvalue weighted by Crippen LogP contribution is -2.25. The average molecular weight is 246 g/mol. The van der Waals surface area contributed by atoms with Gasteiger partial charge in [0.25, 0.3) is 5.91 Å². The number of halogens is 1. The van der Waals surface area contributed by atoms with Gasteiger partial charge in [-0.05, 0) is 30.2 Å². The van der Waals surface area contributed by atoms with Crippen LogP contribution >= 0.6 is 11.6 Å². The Morgan fingerprint density at radius 3 is 2.94 bits per heavy atom. The van der Waals surface area contributed by atoms with Gasteiger partial charge in [0.2, 0.25) is 0 Å². The fraction of sp³-hybridized carbons (Fsp3) is 0.333. The summed E-state index contributed by atoms with van der Waals surface area (Å²) >= 11 is 5.52. The van der Waals surface area contributed by atoms with Gasteiger partial charge in [-0.25, -0.2) is 0 Å². The maximum atomic E-state index is 11.4. The lowest BCUT2D eigenvalue weighted by molar-refractivity contribution is 0.0926. The Bertz CT molecular complexity index is 389. The fourth-order valence-electron chi connectivity index (χ4n) is 1.04. The van der Waals surface area contributed by atoms with Crippen LogP contribution in [-0.2, 0) is 0 Å². The molecule has 1 aromatic heterocycles. The lowest BCUT2D eigenvalue weighted by Gasteiger charge is -2.02. The van der Waals surface area contributed by atoms with Crippen LogP contribution in [0.25, 0.3) is 0 Å². The summed E-state index contributed by atoms with van der Waals surface area (Å²) in [5.74, 6) is -0.0458. The van der Waals surface area contributed by atoms with E-state index in [9.17, 15) is 4.79 Å². The molecule has 0 bridgehead atoms. The number of nitrogens with two attached hydrogens (primary N) is 1. The highest BCUT2D eigenvalue weighted by Gasteiger charge is 2.09. The summed E-state index contributed by atoms with van der Waals surface area (Å²) in [4.78, 5) is 11.4. The summed E-state index contributed by atoms with van der Waals surface area (Å²) < 4.78 is 4.91. The van der Waals surface area contributed by atoms with Gasteiger partial charge in [-0.15, -0.1) is 0 Å². The molecule has 7 heteroatoms. The standard InChI is InChI=1S/C9H12ClN3O3/c10-7-4-3-6(16-7)9(14)12-5-1-2-8(11)13-15/h3-4,15H,1-2,5H2,(H2,11,13)(H,12,14). The van der Waals surface area contributed by atoms with E-state index in [1.807, 2.05) is 0 Å². The Balaban J connectivity index is 2.26. The van der Waals surface area contributed by atoms with Gasteiger partial charge in [-0.2, -0.15) is 0 Å². The smallest absolute Gasteiger partial charge is 0.287 e.